The summed E-state index contributed by atoms with van der Waals surface area (Å²) in [6.45, 7) is 2.91. The fourth-order valence-electron chi connectivity index (χ4n) is 2.64. The first-order valence-electron chi connectivity index (χ1n) is 9.13. The zero-order chi connectivity index (χ0) is 22.7. The first-order chi connectivity index (χ1) is 14.7. The summed E-state index contributed by atoms with van der Waals surface area (Å²) in [5, 5.41) is 3.39. The van der Waals surface area contributed by atoms with E-state index in [0.717, 1.165) is 0 Å². The molecular formula is C20H21F2N5O3S. The largest absolute Gasteiger partial charge is 0.494 e. The van der Waals surface area contributed by atoms with E-state index < -0.39 is 11.6 Å². The van der Waals surface area contributed by atoms with Crippen LogP contribution in [0.4, 0.5) is 19.9 Å². The second-order valence-corrected chi connectivity index (χ2v) is 7.79. The van der Waals surface area contributed by atoms with E-state index in [2.05, 4.69) is 20.3 Å². The number of nitrogens with zero attached hydrogens (tertiary/aromatic N) is 4. The smallest absolute Gasteiger partial charge is 0.265 e. The van der Waals surface area contributed by atoms with Gasteiger partial charge < -0.3 is 19.7 Å². The number of hydrogen-bond acceptors (Lipinski definition) is 8. The minimum absolute atomic E-state index is 0.0563. The van der Waals surface area contributed by atoms with Gasteiger partial charge in [0.15, 0.2) is 22.4 Å². The molecule has 3 aromatic rings. The molecule has 1 amide bonds. The van der Waals surface area contributed by atoms with E-state index in [9.17, 15) is 13.6 Å². The summed E-state index contributed by atoms with van der Waals surface area (Å²) in [5.74, 6) is -1.24. The Morgan fingerprint density at radius 3 is 2.48 bits per heavy atom. The maximum atomic E-state index is 14.3. The maximum Gasteiger partial charge on any atom is 0.265 e. The van der Waals surface area contributed by atoms with E-state index >= 15 is 0 Å². The van der Waals surface area contributed by atoms with Crippen LogP contribution in [0.25, 0.3) is 0 Å². The maximum absolute atomic E-state index is 14.3. The van der Waals surface area contributed by atoms with Crippen LogP contribution in [0.15, 0.2) is 18.5 Å². The lowest BCUT2D eigenvalue weighted by Gasteiger charge is -2.12. The summed E-state index contributed by atoms with van der Waals surface area (Å²) in [6.07, 6.45) is 2.73. The van der Waals surface area contributed by atoms with Crippen molar-refractivity contribution in [1.82, 2.24) is 19.9 Å². The minimum Gasteiger partial charge on any atom is -0.494 e. The molecule has 1 N–H and O–H groups in total. The zero-order valence-electron chi connectivity index (χ0n) is 17.6. The van der Waals surface area contributed by atoms with Gasteiger partial charge in [0, 0.05) is 14.1 Å². The van der Waals surface area contributed by atoms with Crippen LogP contribution in [0.2, 0.25) is 0 Å². The first-order valence-corrected chi connectivity index (χ1v) is 9.95. The number of aryl methyl sites for hydroxylation is 2. The Labute approximate surface area is 181 Å². The molecule has 0 saturated carbocycles. The third-order valence-corrected chi connectivity index (χ3v) is 5.35. The lowest BCUT2D eigenvalue weighted by molar-refractivity contribution is 0.0831. The molecule has 0 aliphatic heterocycles. The van der Waals surface area contributed by atoms with E-state index in [1.54, 1.807) is 21.0 Å². The number of hydrogen-bond donors (Lipinski definition) is 1. The van der Waals surface area contributed by atoms with Gasteiger partial charge in [-0.25, -0.2) is 23.7 Å². The molecule has 0 aliphatic rings. The van der Waals surface area contributed by atoms with Crippen LogP contribution < -0.4 is 14.8 Å². The zero-order valence-corrected chi connectivity index (χ0v) is 18.4. The average molecular weight is 449 g/mol. The molecule has 0 aliphatic carbocycles. The van der Waals surface area contributed by atoms with Gasteiger partial charge in [-0.3, -0.25) is 4.79 Å². The first kappa shape index (κ1) is 22.3. The fraction of sp³-hybridized carbons (Fsp3) is 0.300. The molecule has 164 valence electrons. The summed E-state index contributed by atoms with van der Waals surface area (Å²) >= 11 is 1.19. The number of carbonyl (C=O) groups is 1. The topological polar surface area (TPSA) is 89.5 Å². The number of rotatable bonds is 7. The van der Waals surface area contributed by atoms with Gasteiger partial charge in [0.25, 0.3) is 5.91 Å². The molecule has 31 heavy (non-hydrogen) atoms. The Hall–Kier alpha value is -3.34. The van der Waals surface area contributed by atoms with Crippen molar-refractivity contribution in [3.63, 3.8) is 0 Å². The van der Waals surface area contributed by atoms with Crippen molar-refractivity contribution in [2.45, 2.75) is 20.5 Å². The quantitative estimate of drug-likeness (QED) is 0.586. The molecule has 11 heteroatoms. The number of benzene rings is 1. The van der Waals surface area contributed by atoms with Crippen molar-refractivity contribution >= 4 is 28.3 Å². The summed E-state index contributed by atoms with van der Waals surface area (Å²) in [6, 6.07) is 1.29. The van der Waals surface area contributed by atoms with Gasteiger partial charge >= 0.3 is 0 Å². The third kappa shape index (κ3) is 4.88. The van der Waals surface area contributed by atoms with Crippen molar-refractivity contribution in [1.29, 1.82) is 0 Å². The highest BCUT2D eigenvalue weighted by Crippen LogP contribution is 2.28. The van der Waals surface area contributed by atoms with Gasteiger partial charge in [-0.15, -0.1) is 0 Å². The predicted octanol–water partition coefficient (Wildman–Crippen LogP) is 3.86. The molecule has 2 heterocycles. The monoisotopic (exact) mass is 449 g/mol. The lowest BCUT2D eigenvalue weighted by atomic mass is 10.1. The van der Waals surface area contributed by atoms with E-state index in [1.807, 2.05) is 0 Å². The van der Waals surface area contributed by atoms with E-state index in [4.69, 9.17) is 9.47 Å². The third-order valence-electron chi connectivity index (χ3n) is 4.29. The Balaban J connectivity index is 1.69. The Bertz CT molecular complexity index is 1100. The van der Waals surface area contributed by atoms with Crippen molar-refractivity contribution < 1.29 is 23.0 Å². The molecule has 8 nitrogen and oxygen atoms in total. The van der Waals surface area contributed by atoms with Gasteiger partial charge in [-0.1, -0.05) is 11.3 Å². The van der Waals surface area contributed by atoms with Crippen molar-refractivity contribution in [3.8, 4) is 11.5 Å². The summed E-state index contributed by atoms with van der Waals surface area (Å²) < 4.78 is 39.0. The Kier molecular flexibility index (Phi) is 6.64. The van der Waals surface area contributed by atoms with Gasteiger partial charge in [-0.2, -0.15) is 0 Å². The molecule has 0 saturated heterocycles. The van der Waals surface area contributed by atoms with Crippen LogP contribution in [0.3, 0.4) is 0 Å². The number of thiazole rings is 1. The molecule has 0 unspecified atom stereocenters. The Morgan fingerprint density at radius 2 is 1.87 bits per heavy atom. The van der Waals surface area contributed by atoms with Crippen molar-refractivity contribution in [2.24, 2.45) is 0 Å². The number of halogens is 2. The number of carbonyl (C=O) groups excluding carboxylic acids is 1. The second kappa shape index (κ2) is 9.21. The molecule has 0 spiro atoms. The SMILES string of the molecule is COc1cc(C)c(F)c(COc2cnc(Nc3nc(C)c(C(=O)N(C)C)s3)nc2)c1F. The van der Waals surface area contributed by atoms with Gasteiger partial charge in [-0.05, 0) is 25.5 Å². The summed E-state index contributed by atoms with van der Waals surface area (Å²) in [4.78, 5) is 26.7. The van der Waals surface area contributed by atoms with Crippen molar-refractivity contribution in [2.75, 3.05) is 26.5 Å². The fourth-order valence-corrected chi connectivity index (χ4v) is 3.62. The van der Waals surface area contributed by atoms with Gasteiger partial charge in [0.05, 0.1) is 30.8 Å². The van der Waals surface area contributed by atoms with Gasteiger partial charge in [0.2, 0.25) is 5.95 Å². The number of amides is 1. The Morgan fingerprint density at radius 1 is 1.19 bits per heavy atom. The molecule has 3 rings (SSSR count). The number of anilines is 2. The van der Waals surface area contributed by atoms with E-state index in [1.165, 1.54) is 48.7 Å². The highest BCUT2D eigenvalue weighted by Gasteiger charge is 2.19. The average Bonchev–Trinajstić information content (AvgIpc) is 3.10. The highest BCUT2D eigenvalue weighted by atomic mass is 32.1. The predicted molar refractivity (Wildman–Crippen MR) is 112 cm³/mol. The highest BCUT2D eigenvalue weighted by molar-refractivity contribution is 7.17. The molecule has 0 bridgehead atoms. The minimum atomic E-state index is -0.813. The van der Waals surface area contributed by atoms with Crippen LogP contribution in [-0.4, -0.2) is 47.0 Å². The van der Waals surface area contributed by atoms with Crippen LogP contribution in [0.5, 0.6) is 11.5 Å². The molecule has 0 radical (unpaired) electrons. The molecular weight excluding hydrogens is 428 g/mol. The van der Waals surface area contributed by atoms with Crippen LogP contribution in [0, 0.1) is 25.5 Å². The second-order valence-electron chi connectivity index (χ2n) is 6.79. The van der Waals surface area contributed by atoms with Crippen LogP contribution in [0.1, 0.15) is 26.5 Å². The number of nitrogens with one attached hydrogen (secondary N) is 1. The van der Waals surface area contributed by atoms with E-state index in [-0.39, 0.29) is 41.1 Å². The lowest BCUT2D eigenvalue weighted by Crippen LogP contribution is -2.21. The van der Waals surface area contributed by atoms with Crippen molar-refractivity contribution in [3.05, 3.63) is 51.8 Å². The molecule has 0 atom stereocenters. The normalized spacial score (nSPS) is 10.7. The standard InChI is InChI=1S/C20H21F2N5O3S/c1-10-6-14(29-5)16(22)13(15(10)21)9-30-12-7-23-19(24-8-12)26-20-25-11(2)17(31-20)18(28)27(3)4/h6-8H,9H2,1-5H3,(H,23,24,25,26). The van der Waals surface area contributed by atoms with E-state index in [0.29, 0.717) is 15.7 Å². The number of aromatic nitrogens is 3. The van der Waals surface area contributed by atoms with Crippen LogP contribution in [-0.2, 0) is 6.61 Å². The molecule has 1 aromatic carbocycles. The van der Waals surface area contributed by atoms with Gasteiger partial charge in [0.1, 0.15) is 17.3 Å². The number of methoxy groups -OCH3 is 1. The van der Waals surface area contributed by atoms with Crippen LogP contribution >= 0.6 is 11.3 Å². The molecule has 0 fully saturated rings. The molecule has 2 aromatic heterocycles. The summed E-state index contributed by atoms with van der Waals surface area (Å²) in [7, 11) is 4.64. The number of ether oxygens (including phenoxy) is 2. The summed E-state index contributed by atoms with van der Waals surface area (Å²) in [5.41, 5.74) is 0.609.